The summed E-state index contributed by atoms with van der Waals surface area (Å²) in [5.74, 6) is 0. The van der Waals surface area contributed by atoms with Gasteiger partial charge in [-0.2, -0.15) is 5.26 Å². The zero-order valence-corrected chi connectivity index (χ0v) is 11.7. The molecule has 102 valence electrons. The van der Waals surface area contributed by atoms with Gasteiger partial charge >= 0.3 is 5.00 Å². The molecular formula is C14H13N3O2S. The fourth-order valence-corrected chi connectivity index (χ4v) is 2.57. The maximum Gasteiger partial charge on any atom is 0.324 e. The van der Waals surface area contributed by atoms with Gasteiger partial charge in [0, 0.05) is 17.5 Å². The number of thiophene rings is 1. The van der Waals surface area contributed by atoms with Crippen LogP contribution < -0.4 is 5.32 Å². The third-order valence-electron chi connectivity index (χ3n) is 2.84. The van der Waals surface area contributed by atoms with Crippen molar-refractivity contribution in [3.63, 3.8) is 0 Å². The molecule has 5 nitrogen and oxygen atoms in total. The van der Waals surface area contributed by atoms with Crippen molar-refractivity contribution >= 4 is 16.3 Å². The van der Waals surface area contributed by atoms with Gasteiger partial charge in [0.2, 0.25) is 0 Å². The molecule has 0 fully saturated rings. The van der Waals surface area contributed by atoms with E-state index in [1.807, 2.05) is 31.2 Å². The van der Waals surface area contributed by atoms with Gasteiger partial charge in [-0.3, -0.25) is 15.4 Å². The Labute approximate surface area is 120 Å². The zero-order valence-electron chi connectivity index (χ0n) is 10.9. The van der Waals surface area contributed by atoms with Gasteiger partial charge in [-0.1, -0.05) is 41.2 Å². The summed E-state index contributed by atoms with van der Waals surface area (Å²) in [5, 5.41) is 23.0. The molecule has 0 saturated heterocycles. The molecule has 1 atom stereocenters. The molecule has 0 aliphatic rings. The van der Waals surface area contributed by atoms with Gasteiger partial charge in [0.05, 0.1) is 11.0 Å². The monoisotopic (exact) mass is 287 g/mol. The summed E-state index contributed by atoms with van der Waals surface area (Å²) in [6.07, 6.45) is 0. The zero-order chi connectivity index (χ0) is 14.5. The van der Waals surface area contributed by atoms with Gasteiger partial charge in [0.1, 0.15) is 6.04 Å². The Bertz CT molecular complexity index is 643. The summed E-state index contributed by atoms with van der Waals surface area (Å²) in [6, 6.07) is 12.7. The Morgan fingerprint density at radius 3 is 2.60 bits per heavy atom. The van der Waals surface area contributed by atoms with E-state index in [-0.39, 0.29) is 5.00 Å². The first-order valence-electron chi connectivity index (χ1n) is 6.03. The summed E-state index contributed by atoms with van der Waals surface area (Å²) in [4.78, 5) is 10.9. The highest BCUT2D eigenvalue weighted by Gasteiger charge is 2.17. The first-order chi connectivity index (χ1) is 9.60. The van der Waals surface area contributed by atoms with Gasteiger partial charge < -0.3 is 0 Å². The Kier molecular flexibility index (Phi) is 4.45. The third kappa shape index (κ3) is 3.41. The molecule has 0 amide bonds. The van der Waals surface area contributed by atoms with Crippen molar-refractivity contribution in [3.05, 3.63) is 62.5 Å². The maximum atomic E-state index is 10.6. The van der Waals surface area contributed by atoms with Gasteiger partial charge in [0.25, 0.3) is 0 Å². The fraction of sp³-hybridized carbons (Fsp3) is 0.214. The highest BCUT2D eigenvalue weighted by Crippen LogP contribution is 2.28. The van der Waals surface area contributed by atoms with Crippen molar-refractivity contribution in [2.75, 3.05) is 0 Å². The number of nitro groups is 1. The lowest BCUT2D eigenvalue weighted by Crippen LogP contribution is -2.18. The minimum atomic E-state index is -0.532. The lowest BCUT2D eigenvalue weighted by molar-refractivity contribution is -0.380. The van der Waals surface area contributed by atoms with E-state index in [0.717, 1.165) is 16.9 Å². The van der Waals surface area contributed by atoms with Crippen LogP contribution in [0.4, 0.5) is 5.00 Å². The highest BCUT2D eigenvalue weighted by atomic mass is 32.1. The Hall–Kier alpha value is -2.23. The number of hydrogen-bond acceptors (Lipinski definition) is 5. The summed E-state index contributed by atoms with van der Waals surface area (Å²) >= 11 is 1.03. The Morgan fingerprint density at radius 2 is 2.05 bits per heavy atom. The molecule has 0 saturated carbocycles. The van der Waals surface area contributed by atoms with E-state index in [0.29, 0.717) is 11.4 Å². The van der Waals surface area contributed by atoms with Crippen LogP contribution in [0, 0.1) is 28.4 Å². The van der Waals surface area contributed by atoms with Crippen molar-refractivity contribution in [3.8, 4) is 6.07 Å². The van der Waals surface area contributed by atoms with Crippen LogP contribution in [0.1, 0.15) is 22.0 Å². The van der Waals surface area contributed by atoms with Gasteiger partial charge in [-0.15, -0.1) is 0 Å². The normalized spacial score (nSPS) is 11.8. The summed E-state index contributed by atoms with van der Waals surface area (Å²) < 4.78 is 0. The average molecular weight is 287 g/mol. The molecule has 6 heteroatoms. The topological polar surface area (TPSA) is 79.0 Å². The first-order valence-corrected chi connectivity index (χ1v) is 6.84. The predicted octanol–water partition coefficient (Wildman–Crippen LogP) is 3.32. The molecule has 0 aliphatic carbocycles. The van der Waals surface area contributed by atoms with Crippen molar-refractivity contribution in [2.45, 2.75) is 19.5 Å². The summed E-state index contributed by atoms with van der Waals surface area (Å²) in [6.45, 7) is 2.56. The minimum Gasteiger partial charge on any atom is -0.293 e. The van der Waals surface area contributed by atoms with Crippen molar-refractivity contribution in [1.82, 2.24) is 5.32 Å². The number of nitrogens with one attached hydrogen (secondary N) is 1. The first kappa shape index (κ1) is 14.2. The quantitative estimate of drug-likeness (QED) is 0.675. The molecule has 1 heterocycles. The second-order valence-electron chi connectivity index (χ2n) is 4.36. The molecule has 0 radical (unpaired) electrons. The molecule has 0 aliphatic heterocycles. The van der Waals surface area contributed by atoms with Crippen molar-refractivity contribution in [2.24, 2.45) is 0 Å². The van der Waals surface area contributed by atoms with E-state index in [4.69, 9.17) is 0 Å². The van der Waals surface area contributed by atoms with Crippen LogP contribution in [0.5, 0.6) is 0 Å². The van der Waals surface area contributed by atoms with Crippen LogP contribution in [0.15, 0.2) is 36.4 Å². The molecular weight excluding hydrogens is 274 g/mol. The summed E-state index contributed by atoms with van der Waals surface area (Å²) in [5.41, 5.74) is 2.25. The largest absolute Gasteiger partial charge is 0.324 e. The van der Waals surface area contributed by atoms with Crippen molar-refractivity contribution in [1.29, 1.82) is 5.26 Å². The lowest BCUT2D eigenvalue weighted by atomic mass is 10.1. The molecule has 1 unspecified atom stereocenters. The van der Waals surface area contributed by atoms with Crippen molar-refractivity contribution < 1.29 is 4.92 Å². The number of rotatable bonds is 5. The van der Waals surface area contributed by atoms with Crippen LogP contribution in [-0.4, -0.2) is 4.92 Å². The molecule has 1 aromatic heterocycles. The molecule has 0 bridgehead atoms. The van der Waals surface area contributed by atoms with Crippen LogP contribution in [-0.2, 0) is 6.54 Å². The second kappa shape index (κ2) is 6.28. The number of benzene rings is 1. The van der Waals surface area contributed by atoms with Crippen LogP contribution in [0.2, 0.25) is 0 Å². The maximum absolute atomic E-state index is 10.6. The minimum absolute atomic E-state index is 0.0531. The van der Waals surface area contributed by atoms with Gasteiger partial charge in [-0.25, -0.2) is 0 Å². The van der Waals surface area contributed by atoms with Crippen LogP contribution in [0.25, 0.3) is 0 Å². The number of aryl methyl sites for hydroxylation is 1. The van der Waals surface area contributed by atoms with E-state index < -0.39 is 11.0 Å². The second-order valence-corrected chi connectivity index (χ2v) is 5.46. The van der Waals surface area contributed by atoms with E-state index in [1.54, 1.807) is 6.07 Å². The van der Waals surface area contributed by atoms with E-state index >= 15 is 0 Å². The lowest BCUT2D eigenvalue weighted by Gasteiger charge is -2.09. The average Bonchev–Trinajstić information content (AvgIpc) is 2.91. The highest BCUT2D eigenvalue weighted by molar-refractivity contribution is 7.15. The third-order valence-corrected chi connectivity index (χ3v) is 3.94. The smallest absolute Gasteiger partial charge is 0.293 e. The molecule has 2 aromatic rings. The molecule has 20 heavy (non-hydrogen) atoms. The number of hydrogen-bond donors (Lipinski definition) is 1. The summed E-state index contributed by atoms with van der Waals surface area (Å²) in [7, 11) is 0. The van der Waals surface area contributed by atoms with Crippen LogP contribution in [0.3, 0.4) is 0 Å². The molecule has 2 rings (SSSR count). The Balaban J connectivity index is 2.03. The molecule has 1 N–H and O–H groups in total. The van der Waals surface area contributed by atoms with E-state index in [1.165, 1.54) is 11.6 Å². The molecule has 0 spiro atoms. The number of nitrogens with zero attached hydrogens (tertiary/aromatic N) is 2. The predicted molar refractivity (Wildman–Crippen MR) is 77.3 cm³/mol. The number of nitriles is 1. The fourth-order valence-electron chi connectivity index (χ4n) is 1.73. The van der Waals surface area contributed by atoms with Gasteiger partial charge in [0.15, 0.2) is 0 Å². The van der Waals surface area contributed by atoms with Gasteiger partial charge in [-0.05, 0) is 18.6 Å². The Morgan fingerprint density at radius 1 is 1.35 bits per heavy atom. The van der Waals surface area contributed by atoms with E-state index in [9.17, 15) is 15.4 Å². The molecule has 1 aromatic carbocycles. The van der Waals surface area contributed by atoms with Crippen LogP contribution >= 0.6 is 11.3 Å². The van der Waals surface area contributed by atoms with E-state index in [2.05, 4.69) is 11.4 Å². The SMILES string of the molecule is Cc1ccc(CNC(C#N)c2ccc([N+](=O)[O-])s2)cc1. The standard InChI is InChI=1S/C14H13N3O2S/c1-10-2-4-11(5-3-10)9-16-12(8-15)13-6-7-14(20-13)17(18)19/h2-7,12,16H,9H2,1H3.